The largest absolute Gasteiger partial charge is 0.328 e. The summed E-state index contributed by atoms with van der Waals surface area (Å²) in [6.45, 7) is 3.92. The number of hydrogen-bond acceptors (Lipinski definition) is 2. The molecule has 2 nitrogen and oxygen atoms in total. The molecular weight excluding hydrogens is 275 g/mol. The first kappa shape index (κ1) is 15.7. The molecule has 2 rings (SSSR count). The number of halogens is 2. The van der Waals surface area contributed by atoms with Crippen LogP contribution in [0, 0.1) is 5.82 Å². The third-order valence-corrected chi connectivity index (χ3v) is 4.60. The maximum atomic E-state index is 13.5. The second-order valence-electron chi connectivity index (χ2n) is 5.75. The van der Waals surface area contributed by atoms with Gasteiger partial charge in [-0.25, -0.2) is 4.39 Å². The molecule has 2 N–H and O–H groups in total. The van der Waals surface area contributed by atoms with Crippen LogP contribution in [0.15, 0.2) is 18.2 Å². The van der Waals surface area contributed by atoms with Crippen molar-refractivity contribution >= 4 is 11.6 Å². The average Bonchev–Trinajstić information content (AvgIpc) is 2.44. The monoisotopic (exact) mass is 298 g/mol. The fourth-order valence-electron chi connectivity index (χ4n) is 3.03. The van der Waals surface area contributed by atoms with E-state index in [2.05, 4.69) is 11.8 Å². The molecule has 1 saturated carbocycles. The first-order chi connectivity index (χ1) is 9.61. The molecule has 0 saturated heterocycles. The Morgan fingerprint density at radius 2 is 2.00 bits per heavy atom. The van der Waals surface area contributed by atoms with Gasteiger partial charge in [-0.2, -0.15) is 0 Å². The van der Waals surface area contributed by atoms with E-state index < -0.39 is 0 Å². The summed E-state index contributed by atoms with van der Waals surface area (Å²) >= 11 is 6.08. The van der Waals surface area contributed by atoms with Crippen LogP contribution in [0.5, 0.6) is 0 Å². The summed E-state index contributed by atoms with van der Waals surface area (Å²) in [5.41, 5.74) is 6.86. The third-order valence-electron chi connectivity index (χ3n) is 4.17. The summed E-state index contributed by atoms with van der Waals surface area (Å²) in [5.74, 6) is -0.328. The van der Waals surface area contributed by atoms with Crippen molar-refractivity contribution in [1.82, 2.24) is 4.90 Å². The van der Waals surface area contributed by atoms with Crippen molar-refractivity contribution in [3.63, 3.8) is 0 Å². The lowest BCUT2D eigenvalue weighted by Gasteiger charge is -2.36. The predicted octanol–water partition coefficient (Wildman–Crippen LogP) is 3.96. The van der Waals surface area contributed by atoms with Gasteiger partial charge in [0.15, 0.2) is 0 Å². The Balaban J connectivity index is 2.07. The Labute approximate surface area is 126 Å². The van der Waals surface area contributed by atoms with E-state index in [1.807, 2.05) is 6.07 Å². The van der Waals surface area contributed by atoms with Crippen LogP contribution in [0.1, 0.15) is 44.6 Å². The summed E-state index contributed by atoms with van der Waals surface area (Å²) in [6, 6.07) is 5.97. The van der Waals surface area contributed by atoms with E-state index in [1.165, 1.54) is 6.07 Å². The highest BCUT2D eigenvalue weighted by Gasteiger charge is 2.24. The lowest BCUT2D eigenvalue weighted by Crippen LogP contribution is -2.40. The van der Waals surface area contributed by atoms with Crippen LogP contribution in [0.3, 0.4) is 0 Å². The van der Waals surface area contributed by atoms with E-state index in [0.29, 0.717) is 12.1 Å². The van der Waals surface area contributed by atoms with E-state index in [1.54, 1.807) is 6.07 Å². The number of nitrogens with two attached hydrogens (primary N) is 1. The van der Waals surface area contributed by atoms with Crippen LogP contribution < -0.4 is 5.73 Å². The average molecular weight is 299 g/mol. The molecular formula is C16H24ClFN2. The minimum Gasteiger partial charge on any atom is -0.328 e. The molecule has 1 aromatic carbocycles. The summed E-state index contributed by atoms with van der Waals surface area (Å²) in [7, 11) is 0. The van der Waals surface area contributed by atoms with E-state index in [0.717, 1.165) is 50.8 Å². The second-order valence-corrected chi connectivity index (χ2v) is 6.13. The van der Waals surface area contributed by atoms with Gasteiger partial charge < -0.3 is 5.73 Å². The molecule has 0 spiro atoms. The zero-order chi connectivity index (χ0) is 14.5. The molecule has 0 aliphatic heterocycles. The lowest BCUT2D eigenvalue weighted by molar-refractivity contribution is 0.142. The van der Waals surface area contributed by atoms with Crippen LogP contribution in [-0.4, -0.2) is 23.5 Å². The van der Waals surface area contributed by atoms with Gasteiger partial charge in [-0.1, -0.05) is 30.7 Å². The van der Waals surface area contributed by atoms with Crippen molar-refractivity contribution in [1.29, 1.82) is 0 Å². The highest BCUT2D eigenvalue weighted by molar-refractivity contribution is 6.31. The molecule has 20 heavy (non-hydrogen) atoms. The van der Waals surface area contributed by atoms with Crippen LogP contribution in [0.25, 0.3) is 0 Å². The van der Waals surface area contributed by atoms with E-state index >= 15 is 0 Å². The third kappa shape index (κ3) is 3.94. The molecule has 4 heteroatoms. The Morgan fingerprint density at radius 1 is 1.30 bits per heavy atom. The molecule has 0 atom stereocenters. The van der Waals surface area contributed by atoms with Crippen molar-refractivity contribution < 1.29 is 4.39 Å². The van der Waals surface area contributed by atoms with Crippen LogP contribution in [-0.2, 0) is 6.54 Å². The predicted molar refractivity (Wildman–Crippen MR) is 82.3 cm³/mol. The standard InChI is InChI=1S/C16H24ClFN2/c1-2-10-20(14-8-6-13(19)7-9-14)11-12-4-3-5-15(18)16(12)17/h3-5,13-14H,2,6-11,19H2,1H3. The Morgan fingerprint density at radius 3 is 2.65 bits per heavy atom. The highest BCUT2D eigenvalue weighted by Crippen LogP contribution is 2.27. The van der Waals surface area contributed by atoms with Gasteiger partial charge in [0, 0.05) is 18.6 Å². The molecule has 1 fully saturated rings. The van der Waals surface area contributed by atoms with Crippen molar-refractivity contribution in [2.75, 3.05) is 6.54 Å². The van der Waals surface area contributed by atoms with Crippen LogP contribution in [0.4, 0.5) is 4.39 Å². The van der Waals surface area contributed by atoms with Crippen molar-refractivity contribution in [3.8, 4) is 0 Å². The van der Waals surface area contributed by atoms with Gasteiger partial charge in [0.05, 0.1) is 5.02 Å². The molecule has 1 aliphatic rings. The van der Waals surface area contributed by atoms with E-state index in [-0.39, 0.29) is 10.8 Å². The fraction of sp³-hybridized carbons (Fsp3) is 0.625. The summed E-state index contributed by atoms with van der Waals surface area (Å²) in [4.78, 5) is 2.44. The quantitative estimate of drug-likeness (QED) is 0.891. The van der Waals surface area contributed by atoms with Gasteiger partial charge >= 0.3 is 0 Å². The summed E-state index contributed by atoms with van der Waals surface area (Å²) < 4.78 is 13.5. The number of hydrogen-bond donors (Lipinski definition) is 1. The number of benzene rings is 1. The first-order valence-electron chi connectivity index (χ1n) is 7.54. The van der Waals surface area contributed by atoms with Gasteiger partial charge in [-0.15, -0.1) is 0 Å². The Kier molecular flexibility index (Phi) is 5.82. The molecule has 0 radical (unpaired) electrons. The normalized spacial score (nSPS) is 23.2. The smallest absolute Gasteiger partial charge is 0.142 e. The number of nitrogens with zero attached hydrogens (tertiary/aromatic N) is 1. The van der Waals surface area contributed by atoms with Gasteiger partial charge in [0.25, 0.3) is 0 Å². The molecule has 112 valence electrons. The molecule has 1 aliphatic carbocycles. The van der Waals surface area contributed by atoms with Gasteiger partial charge in [-0.05, 0) is 50.3 Å². The molecule has 0 bridgehead atoms. The van der Waals surface area contributed by atoms with Crippen LogP contribution >= 0.6 is 11.6 Å². The second kappa shape index (κ2) is 7.39. The lowest BCUT2D eigenvalue weighted by atomic mass is 9.90. The summed E-state index contributed by atoms with van der Waals surface area (Å²) in [5, 5.41) is 0.265. The van der Waals surface area contributed by atoms with E-state index in [4.69, 9.17) is 17.3 Å². The molecule has 0 unspecified atom stereocenters. The van der Waals surface area contributed by atoms with Gasteiger partial charge in [0.1, 0.15) is 5.82 Å². The summed E-state index contributed by atoms with van der Waals surface area (Å²) in [6.07, 6.45) is 5.53. The minimum atomic E-state index is -0.328. The maximum absolute atomic E-state index is 13.5. The first-order valence-corrected chi connectivity index (χ1v) is 7.92. The molecule has 0 aromatic heterocycles. The van der Waals surface area contributed by atoms with Gasteiger partial charge in [0.2, 0.25) is 0 Å². The van der Waals surface area contributed by atoms with Crippen LogP contribution in [0.2, 0.25) is 5.02 Å². The Hall–Kier alpha value is -0.640. The number of rotatable bonds is 5. The fourth-order valence-corrected chi connectivity index (χ4v) is 3.22. The minimum absolute atomic E-state index is 0.265. The molecule has 1 aromatic rings. The molecule has 0 heterocycles. The van der Waals surface area contributed by atoms with Crippen molar-refractivity contribution in [2.24, 2.45) is 5.73 Å². The van der Waals surface area contributed by atoms with Gasteiger partial charge in [-0.3, -0.25) is 4.90 Å². The topological polar surface area (TPSA) is 29.3 Å². The van der Waals surface area contributed by atoms with Crippen molar-refractivity contribution in [2.45, 2.75) is 57.7 Å². The maximum Gasteiger partial charge on any atom is 0.142 e. The highest BCUT2D eigenvalue weighted by atomic mass is 35.5. The zero-order valence-corrected chi connectivity index (χ0v) is 12.9. The van der Waals surface area contributed by atoms with E-state index in [9.17, 15) is 4.39 Å². The molecule has 0 amide bonds. The SMILES string of the molecule is CCCN(Cc1cccc(F)c1Cl)C1CCC(N)CC1. The Bertz CT molecular complexity index is 430. The van der Waals surface area contributed by atoms with Crippen molar-refractivity contribution in [3.05, 3.63) is 34.6 Å². The zero-order valence-electron chi connectivity index (χ0n) is 12.1.